The van der Waals surface area contributed by atoms with E-state index in [9.17, 15) is 4.79 Å². The van der Waals surface area contributed by atoms with Crippen molar-refractivity contribution in [1.29, 1.82) is 0 Å². The molecule has 0 saturated carbocycles. The lowest BCUT2D eigenvalue weighted by Gasteiger charge is -2.09. The summed E-state index contributed by atoms with van der Waals surface area (Å²) in [6.07, 6.45) is 0.890. The molecule has 0 unspecified atom stereocenters. The maximum atomic E-state index is 11.4. The van der Waals surface area contributed by atoms with E-state index in [2.05, 4.69) is 21.1 Å². The third-order valence-electron chi connectivity index (χ3n) is 2.56. The molecule has 0 aromatic carbocycles. The van der Waals surface area contributed by atoms with Gasteiger partial charge in [-0.2, -0.15) is 0 Å². The Labute approximate surface area is 115 Å². The molecule has 2 aromatic rings. The number of thiophene rings is 1. The Kier molecular flexibility index (Phi) is 4.35. The molecule has 19 heavy (non-hydrogen) atoms. The molecular formula is C13H15N3O2S. The molecule has 2 rings (SSSR count). The average molecular weight is 277 g/mol. The largest absolute Gasteiger partial charge is 0.464 e. The van der Waals surface area contributed by atoms with Gasteiger partial charge >= 0.3 is 5.97 Å². The number of hydrogen-bond donors (Lipinski definition) is 2. The van der Waals surface area contributed by atoms with Crippen LogP contribution in [0.2, 0.25) is 0 Å². The molecule has 0 spiro atoms. The van der Waals surface area contributed by atoms with Crippen LogP contribution >= 0.6 is 11.3 Å². The number of esters is 1. The number of carbonyl (C=O) groups is 1. The molecule has 0 atom stereocenters. The first-order chi connectivity index (χ1) is 9.20. The summed E-state index contributed by atoms with van der Waals surface area (Å²) in [5.74, 6) is 0.0424. The molecule has 0 bridgehead atoms. The quantitative estimate of drug-likeness (QED) is 0.819. The van der Waals surface area contributed by atoms with Crippen molar-refractivity contribution in [2.75, 3.05) is 24.7 Å². The van der Waals surface area contributed by atoms with Crippen molar-refractivity contribution in [2.45, 2.75) is 6.42 Å². The van der Waals surface area contributed by atoms with E-state index in [1.807, 2.05) is 11.4 Å². The number of ether oxygens (including phenoxy) is 1. The number of nitrogens with zero attached hydrogens (tertiary/aromatic N) is 1. The molecule has 5 nitrogen and oxygen atoms in total. The highest BCUT2D eigenvalue weighted by molar-refractivity contribution is 7.09. The summed E-state index contributed by atoms with van der Waals surface area (Å²) in [5.41, 5.74) is 6.57. The van der Waals surface area contributed by atoms with Gasteiger partial charge in [-0.05, 0) is 30.0 Å². The Balaban J connectivity index is 2.00. The fourth-order valence-corrected chi connectivity index (χ4v) is 2.30. The molecule has 0 radical (unpaired) electrons. The monoisotopic (exact) mass is 277 g/mol. The van der Waals surface area contributed by atoms with Gasteiger partial charge in [-0.3, -0.25) is 0 Å². The molecule has 6 heteroatoms. The minimum Gasteiger partial charge on any atom is -0.464 e. The van der Waals surface area contributed by atoms with E-state index in [1.165, 1.54) is 12.0 Å². The van der Waals surface area contributed by atoms with Crippen LogP contribution in [0.3, 0.4) is 0 Å². The van der Waals surface area contributed by atoms with Gasteiger partial charge in [-0.1, -0.05) is 6.07 Å². The minimum atomic E-state index is -0.471. The molecule has 3 N–H and O–H groups in total. The van der Waals surface area contributed by atoms with E-state index in [-0.39, 0.29) is 5.69 Å². The van der Waals surface area contributed by atoms with Crippen LogP contribution < -0.4 is 11.1 Å². The maximum absolute atomic E-state index is 11.4. The smallest absolute Gasteiger partial charge is 0.356 e. The van der Waals surface area contributed by atoms with Gasteiger partial charge in [0, 0.05) is 11.4 Å². The second-order valence-corrected chi connectivity index (χ2v) is 4.91. The summed E-state index contributed by atoms with van der Waals surface area (Å²) in [6, 6.07) is 7.29. The number of pyridine rings is 1. The third-order valence-corrected chi connectivity index (χ3v) is 3.50. The van der Waals surface area contributed by atoms with E-state index < -0.39 is 5.97 Å². The lowest BCUT2D eigenvalue weighted by molar-refractivity contribution is 0.0594. The number of nitrogens with one attached hydrogen (secondary N) is 1. The maximum Gasteiger partial charge on any atom is 0.356 e. The summed E-state index contributed by atoms with van der Waals surface area (Å²) in [7, 11) is 1.32. The van der Waals surface area contributed by atoms with Crippen LogP contribution in [-0.4, -0.2) is 24.6 Å². The highest BCUT2D eigenvalue weighted by atomic mass is 32.1. The molecule has 0 amide bonds. The Morgan fingerprint density at radius 3 is 3.00 bits per heavy atom. The molecular weight excluding hydrogens is 262 g/mol. The van der Waals surface area contributed by atoms with E-state index in [4.69, 9.17) is 5.73 Å². The number of hydrogen-bond acceptors (Lipinski definition) is 6. The van der Waals surface area contributed by atoms with E-state index in [0.29, 0.717) is 18.1 Å². The molecule has 0 aliphatic rings. The van der Waals surface area contributed by atoms with Crippen molar-refractivity contribution in [2.24, 2.45) is 0 Å². The van der Waals surface area contributed by atoms with Crippen LogP contribution in [0.4, 0.5) is 11.5 Å². The Morgan fingerprint density at radius 2 is 2.32 bits per heavy atom. The van der Waals surface area contributed by atoms with E-state index in [0.717, 1.165) is 6.42 Å². The lowest BCUT2D eigenvalue weighted by atomic mass is 10.3. The first kappa shape index (κ1) is 13.4. The number of methoxy groups -OCH3 is 1. The third kappa shape index (κ3) is 3.45. The van der Waals surface area contributed by atoms with Gasteiger partial charge in [0.15, 0.2) is 5.69 Å². The van der Waals surface area contributed by atoms with Gasteiger partial charge in [-0.15, -0.1) is 11.3 Å². The summed E-state index contributed by atoms with van der Waals surface area (Å²) in [6.45, 7) is 0.711. The topological polar surface area (TPSA) is 77.2 Å². The van der Waals surface area contributed by atoms with Gasteiger partial charge in [0.2, 0.25) is 0 Å². The fourth-order valence-electron chi connectivity index (χ4n) is 1.59. The SMILES string of the molecule is COC(=O)c1ccc(N)c(NCCc2cccs2)n1. The highest BCUT2D eigenvalue weighted by Crippen LogP contribution is 2.17. The number of anilines is 2. The van der Waals surface area contributed by atoms with Crippen LogP contribution in [-0.2, 0) is 11.2 Å². The van der Waals surface area contributed by atoms with Crippen LogP contribution in [0, 0.1) is 0 Å². The molecule has 0 aliphatic carbocycles. The van der Waals surface area contributed by atoms with Crippen LogP contribution in [0.5, 0.6) is 0 Å². The van der Waals surface area contributed by atoms with E-state index in [1.54, 1.807) is 23.5 Å². The van der Waals surface area contributed by atoms with Gasteiger partial charge in [0.25, 0.3) is 0 Å². The summed E-state index contributed by atoms with van der Waals surface area (Å²) in [5, 5.41) is 5.17. The van der Waals surface area contributed by atoms with Gasteiger partial charge in [0.05, 0.1) is 12.8 Å². The van der Waals surface area contributed by atoms with Crippen molar-refractivity contribution in [1.82, 2.24) is 4.98 Å². The van der Waals surface area contributed by atoms with Crippen molar-refractivity contribution in [3.05, 3.63) is 40.2 Å². The molecule has 0 aliphatic heterocycles. The normalized spacial score (nSPS) is 10.2. The highest BCUT2D eigenvalue weighted by Gasteiger charge is 2.10. The second kappa shape index (κ2) is 6.19. The van der Waals surface area contributed by atoms with Crippen LogP contribution in [0.25, 0.3) is 0 Å². The molecule has 100 valence electrons. The summed E-state index contributed by atoms with van der Waals surface area (Å²) in [4.78, 5) is 16.8. The first-order valence-electron chi connectivity index (χ1n) is 5.82. The Hall–Kier alpha value is -2.08. The predicted molar refractivity (Wildman–Crippen MR) is 76.5 cm³/mol. The molecule has 2 heterocycles. The van der Waals surface area contributed by atoms with Gasteiger partial charge in [0.1, 0.15) is 5.82 Å². The van der Waals surface area contributed by atoms with Crippen molar-refractivity contribution in [3.63, 3.8) is 0 Å². The molecule has 0 fully saturated rings. The fraction of sp³-hybridized carbons (Fsp3) is 0.231. The Morgan fingerprint density at radius 1 is 1.47 bits per heavy atom. The molecule has 0 saturated heterocycles. The van der Waals surface area contributed by atoms with E-state index >= 15 is 0 Å². The number of aromatic nitrogens is 1. The van der Waals surface area contributed by atoms with Crippen LogP contribution in [0.15, 0.2) is 29.6 Å². The van der Waals surface area contributed by atoms with Crippen molar-refractivity contribution in [3.8, 4) is 0 Å². The molecule has 2 aromatic heterocycles. The van der Waals surface area contributed by atoms with Gasteiger partial charge in [-0.25, -0.2) is 9.78 Å². The minimum absolute atomic E-state index is 0.246. The van der Waals surface area contributed by atoms with Crippen LogP contribution in [0.1, 0.15) is 15.4 Å². The first-order valence-corrected chi connectivity index (χ1v) is 6.69. The average Bonchev–Trinajstić information content (AvgIpc) is 2.93. The number of rotatable bonds is 5. The second-order valence-electron chi connectivity index (χ2n) is 3.88. The zero-order valence-electron chi connectivity index (χ0n) is 10.6. The predicted octanol–water partition coefficient (Wildman–Crippen LogP) is 2.17. The van der Waals surface area contributed by atoms with Crippen molar-refractivity contribution < 1.29 is 9.53 Å². The number of carbonyl (C=O) groups excluding carboxylic acids is 1. The summed E-state index contributed by atoms with van der Waals surface area (Å²) >= 11 is 1.71. The number of nitrogen functional groups attached to an aromatic ring is 1. The number of nitrogens with two attached hydrogens (primary N) is 1. The van der Waals surface area contributed by atoms with Crippen molar-refractivity contribution >= 4 is 28.8 Å². The summed E-state index contributed by atoms with van der Waals surface area (Å²) < 4.78 is 4.63. The lowest BCUT2D eigenvalue weighted by Crippen LogP contribution is -2.11. The zero-order chi connectivity index (χ0) is 13.7. The van der Waals surface area contributed by atoms with Gasteiger partial charge < -0.3 is 15.8 Å². The zero-order valence-corrected chi connectivity index (χ0v) is 11.4. The standard InChI is InChI=1S/C13H15N3O2S/c1-18-13(17)11-5-4-10(14)12(16-11)15-7-6-9-3-2-8-19-9/h2-5,8H,6-7,14H2,1H3,(H,15,16). The Bertz CT molecular complexity index is 555.